The molecule has 8 aliphatic rings. The summed E-state index contributed by atoms with van der Waals surface area (Å²) in [5.41, 5.74) is -5.88. The number of benzene rings is 1. The Morgan fingerprint density at radius 3 is 1.81 bits per heavy atom. The Kier molecular flexibility index (Phi) is 18.7. The number of methoxy groups -OCH3 is 4. The van der Waals surface area contributed by atoms with Crippen LogP contribution in [0.15, 0.2) is 48.1 Å². The third-order valence-electron chi connectivity index (χ3n) is 19.9. The molecular formula is C58H88O21. The van der Waals surface area contributed by atoms with E-state index in [9.17, 15) is 40.5 Å². The Labute approximate surface area is 463 Å². The van der Waals surface area contributed by atoms with Gasteiger partial charge in [-0.15, -0.1) is 0 Å². The molecule has 4 saturated heterocycles. The molecule has 21 nitrogen and oxygen atoms in total. The number of carbonyl (C=O) groups is 1. The standard InChI is InChI=1S/C58H88O21/c1-30-49(77-45-26-38(68-8)50(31(2)72-45)78-46-27-39(69-9)51(32(3)73-46)79-53-48(63)52(70-10)47(62)40(29-59)75-53)37(67-7)25-44(71-30)74-36-19-20-54(5)35(24-36)18-21-57(65)41(54)28-42(76-43(61)17-16-34-14-12-11-13-15-34)55(6)56(64,33(4)60)22-23-58(55,57)66/h11-18,30-33,36-42,44-53,59-60,62-66H,19-29H2,1-10H3/b17-16-/t30-,31-,32-,33+,36+,37+,38+,39-,40-,41-,42-,44+,45+,46+,47-,48-,49-,50-,51-,52-,53+,54+,55-,56-,57+,58-/m1/s1. The van der Waals surface area contributed by atoms with Crippen LogP contribution in [0, 0.1) is 16.7 Å². The van der Waals surface area contributed by atoms with Crippen molar-refractivity contribution in [1.82, 2.24) is 0 Å². The lowest BCUT2D eigenvalue weighted by molar-refractivity contribution is -0.358. The molecule has 26 atom stereocenters. The van der Waals surface area contributed by atoms with E-state index < -0.39 is 163 Å². The third kappa shape index (κ3) is 11.0. The molecule has 0 bridgehead atoms. The first-order chi connectivity index (χ1) is 37.5. The van der Waals surface area contributed by atoms with Crippen LogP contribution in [-0.2, 0) is 66.4 Å². The Morgan fingerprint density at radius 2 is 1.28 bits per heavy atom. The van der Waals surface area contributed by atoms with Gasteiger partial charge in [0.15, 0.2) is 25.2 Å². The van der Waals surface area contributed by atoms with E-state index in [1.807, 2.05) is 50.3 Å². The lowest BCUT2D eigenvalue weighted by Crippen LogP contribution is -2.78. The van der Waals surface area contributed by atoms with Gasteiger partial charge in [-0.1, -0.05) is 55.8 Å². The summed E-state index contributed by atoms with van der Waals surface area (Å²) in [5.74, 6) is -1.22. The number of carbonyl (C=O) groups excluding carboxylic acids is 1. The second-order valence-corrected chi connectivity index (χ2v) is 23.9. The molecular weight excluding hydrogens is 1030 g/mol. The van der Waals surface area contributed by atoms with Crippen molar-refractivity contribution in [3.05, 3.63) is 53.6 Å². The van der Waals surface area contributed by atoms with Gasteiger partial charge in [0.1, 0.15) is 65.6 Å². The molecule has 4 heterocycles. The number of aliphatic hydroxyl groups is 7. The van der Waals surface area contributed by atoms with E-state index in [1.54, 1.807) is 41.3 Å². The molecule has 0 radical (unpaired) electrons. The lowest BCUT2D eigenvalue weighted by atomic mass is 9.42. The molecule has 4 aliphatic heterocycles. The van der Waals surface area contributed by atoms with Gasteiger partial charge in [0.05, 0.1) is 60.9 Å². The smallest absolute Gasteiger partial charge is 0.331 e. The number of rotatable bonds is 17. The molecule has 0 amide bonds. The van der Waals surface area contributed by atoms with Crippen LogP contribution in [0.5, 0.6) is 0 Å². The van der Waals surface area contributed by atoms with Crippen LogP contribution in [0.2, 0.25) is 0 Å². The molecule has 0 aromatic heterocycles. The van der Waals surface area contributed by atoms with E-state index >= 15 is 0 Å². The normalized spacial score (nSPS) is 48.6. The van der Waals surface area contributed by atoms with Crippen molar-refractivity contribution in [2.75, 3.05) is 35.0 Å². The fourth-order valence-electron chi connectivity index (χ4n) is 15.2. The number of ether oxygens (including phenoxy) is 13. The van der Waals surface area contributed by atoms with Crippen molar-refractivity contribution in [3.63, 3.8) is 0 Å². The van der Waals surface area contributed by atoms with E-state index in [-0.39, 0.29) is 38.2 Å². The molecule has 7 N–H and O–H groups in total. The summed E-state index contributed by atoms with van der Waals surface area (Å²) in [6.45, 7) is 10.3. The van der Waals surface area contributed by atoms with Gasteiger partial charge in [-0.05, 0) is 89.7 Å². The number of esters is 1. The molecule has 9 rings (SSSR count). The minimum atomic E-state index is -1.92. The van der Waals surface area contributed by atoms with Crippen LogP contribution in [0.4, 0.5) is 0 Å². The summed E-state index contributed by atoms with van der Waals surface area (Å²) in [6.07, 6.45) is -7.53. The fraction of sp³-hybridized carbons (Fsp3) is 0.810. The summed E-state index contributed by atoms with van der Waals surface area (Å²) < 4.78 is 80.8. The largest absolute Gasteiger partial charge is 0.458 e. The van der Waals surface area contributed by atoms with E-state index in [2.05, 4.69) is 6.92 Å². The second kappa shape index (κ2) is 24.2. The summed E-state index contributed by atoms with van der Waals surface area (Å²) in [6, 6.07) is 9.32. The van der Waals surface area contributed by atoms with Gasteiger partial charge >= 0.3 is 5.97 Å². The second-order valence-electron chi connectivity index (χ2n) is 23.9. The first-order valence-electron chi connectivity index (χ1n) is 28.3. The van der Waals surface area contributed by atoms with Gasteiger partial charge in [-0.2, -0.15) is 0 Å². The van der Waals surface area contributed by atoms with Crippen molar-refractivity contribution >= 4 is 12.0 Å². The highest BCUT2D eigenvalue weighted by Crippen LogP contribution is 2.71. The maximum atomic E-state index is 13.6. The highest BCUT2D eigenvalue weighted by molar-refractivity contribution is 5.87. The fourth-order valence-corrected chi connectivity index (χ4v) is 15.2. The molecule has 0 spiro atoms. The van der Waals surface area contributed by atoms with Crippen LogP contribution in [-0.4, -0.2) is 216 Å². The van der Waals surface area contributed by atoms with Crippen LogP contribution in [0.3, 0.4) is 0 Å². The molecule has 3 saturated carbocycles. The predicted octanol–water partition coefficient (Wildman–Crippen LogP) is 2.97. The van der Waals surface area contributed by atoms with Crippen LogP contribution in [0.1, 0.15) is 111 Å². The number of hydrogen-bond acceptors (Lipinski definition) is 21. The average Bonchev–Trinajstić information content (AvgIpc) is 3.91. The Bertz CT molecular complexity index is 2270. The maximum Gasteiger partial charge on any atom is 0.331 e. The SMILES string of the molecule is CO[C@H]1[C@@H](O)[C@H](O[C@@H]2[C@@H](C)O[C@@H](O[C@H]3[C@@H](OC)C[C@H](O[C@H]4[C@@H](OC)C[C@H](O[C@H]5CC[C@@]6(C)C(=CC[C@]7(O)[C@@H]6C[C@@H](OC(=O)/C=C\c6ccccc6)[C@@]6(C)[C@]7(O)CC[C@@]6(O)[C@H](C)O)C5)O[C@@H]4C)O[C@@H]3C)C[C@H]2OC)O[C@H](CO)[C@H]1O. The first-order valence-corrected chi connectivity index (χ1v) is 28.3. The van der Waals surface area contributed by atoms with E-state index in [1.165, 1.54) is 20.1 Å². The van der Waals surface area contributed by atoms with Gasteiger partial charge in [-0.3, -0.25) is 0 Å². The van der Waals surface area contributed by atoms with Gasteiger partial charge in [-0.25, -0.2) is 4.79 Å². The monoisotopic (exact) mass is 1120 g/mol. The number of aliphatic hydroxyl groups excluding tert-OH is 4. The van der Waals surface area contributed by atoms with Crippen molar-refractivity contribution in [2.24, 2.45) is 16.7 Å². The van der Waals surface area contributed by atoms with Crippen molar-refractivity contribution in [1.29, 1.82) is 0 Å². The molecule has 1 aromatic rings. The first kappa shape index (κ1) is 61.0. The van der Waals surface area contributed by atoms with Gasteiger partial charge in [0.25, 0.3) is 0 Å². The Balaban J connectivity index is 0.808. The van der Waals surface area contributed by atoms with Crippen LogP contribution >= 0.6 is 0 Å². The third-order valence-corrected chi connectivity index (χ3v) is 19.9. The molecule has 1 aromatic carbocycles. The summed E-state index contributed by atoms with van der Waals surface area (Å²) in [7, 11) is 6.12. The summed E-state index contributed by atoms with van der Waals surface area (Å²) in [4.78, 5) is 13.6. The van der Waals surface area contributed by atoms with Crippen molar-refractivity contribution in [2.45, 2.75) is 245 Å². The number of hydrogen-bond donors (Lipinski definition) is 7. The molecule has 0 unspecified atom stereocenters. The maximum absolute atomic E-state index is 13.6. The van der Waals surface area contributed by atoms with Crippen LogP contribution in [0.25, 0.3) is 6.08 Å². The van der Waals surface area contributed by atoms with Crippen molar-refractivity contribution in [3.8, 4) is 0 Å². The summed E-state index contributed by atoms with van der Waals surface area (Å²) >= 11 is 0. The van der Waals surface area contributed by atoms with Gasteiger partial charge < -0.3 is 97.3 Å². The molecule has 4 aliphatic carbocycles. The molecule has 21 heteroatoms. The van der Waals surface area contributed by atoms with Crippen molar-refractivity contribution < 1.29 is 102 Å². The minimum absolute atomic E-state index is 0.000911. The Morgan fingerprint density at radius 1 is 0.722 bits per heavy atom. The molecule has 79 heavy (non-hydrogen) atoms. The van der Waals surface area contributed by atoms with Crippen LogP contribution < -0.4 is 0 Å². The summed E-state index contributed by atoms with van der Waals surface area (Å²) in [5, 5.41) is 80.7. The molecule has 7 fully saturated rings. The van der Waals surface area contributed by atoms with E-state index in [0.717, 1.165) is 11.1 Å². The highest BCUT2D eigenvalue weighted by atomic mass is 16.8. The highest BCUT2D eigenvalue weighted by Gasteiger charge is 2.81. The molecule has 446 valence electrons. The van der Waals surface area contributed by atoms with Gasteiger partial charge in [0, 0.05) is 59.7 Å². The minimum Gasteiger partial charge on any atom is -0.458 e. The van der Waals surface area contributed by atoms with E-state index in [0.29, 0.717) is 32.1 Å². The average molecular weight is 1120 g/mol. The topological polar surface area (TPSA) is 279 Å². The van der Waals surface area contributed by atoms with Gasteiger partial charge in [0.2, 0.25) is 0 Å². The lowest BCUT2D eigenvalue weighted by Gasteiger charge is -2.67. The zero-order chi connectivity index (χ0) is 57.0. The quantitative estimate of drug-likeness (QED) is 0.0671. The van der Waals surface area contributed by atoms with E-state index in [4.69, 9.17) is 61.6 Å². The number of fused-ring (bicyclic) bond motifs is 5. The predicted molar refractivity (Wildman–Crippen MR) is 279 cm³/mol. The zero-order valence-electron chi connectivity index (χ0n) is 47.4. The Hall–Kier alpha value is -2.59. The zero-order valence-corrected chi connectivity index (χ0v) is 47.4.